The van der Waals surface area contributed by atoms with Gasteiger partial charge in [-0.3, -0.25) is 0 Å². The van der Waals surface area contributed by atoms with E-state index >= 15 is 0 Å². The van der Waals surface area contributed by atoms with Crippen LogP contribution in [0.5, 0.6) is 0 Å². The van der Waals surface area contributed by atoms with Gasteiger partial charge in [0.05, 0.1) is 19.3 Å². The third-order valence-electron chi connectivity index (χ3n) is 1.59. The molecule has 0 unspecified atom stereocenters. The average Bonchev–Trinajstić information content (AvgIpc) is 1.83. The Kier molecular flexibility index (Phi) is 2.70. The van der Waals surface area contributed by atoms with Gasteiger partial charge in [0.2, 0.25) is 0 Å². The minimum absolute atomic E-state index is 0.264. The van der Waals surface area contributed by atoms with Crippen LogP contribution in [0.4, 0.5) is 0 Å². The van der Waals surface area contributed by atoms with E-state index in [4.69, 9.17) is 22.0 Å². The summed E-state index contributed by atoms with van der Waals surface area (Å²) in [5.41, 5.74) is 11.3. The normalized spacial score (nSPS) is 19.6. The maximum atomic E-state index is 5.60. The van der Waals surface area contributed by atoms with E-state index in [0.717, 1.165) is 0 Å². The van der Waals surface area contributed by atoms with Crippen molar-refractivity contribution in [3.05, 3.63) is 11.9 Å². The van der Waals surface area contributed by atoms with Gasteiger partial charge >= 0.3 is 0 Å². The molecular weight excluding hydrogens is 144 g/mol. The summed E-state index contributed by atoms with van der Waals surface area (Å²) in [5, 5.41) is 1.55. The highest BCUT2D eigenvalue weighted by molar-refractivity contribution is 4.98. The average molecular weight is 158 g/mol. The molecule has 0 saturated carbocycles. The van der Waals surface area contributed by atoms with Crippen molar-refractivity contribution in [3.8, 4) is 0 Å². The van der Waals surface area contributed by atoms with Gasteiger partial charge in [-0.2, -0.15) is 0 Å². The lowest BCUT2D eigenvalue weighted by Crippen LogP contribution is -2.50. The fraction of sp³-hybridized carbons (Fsp3) is 0.667. The molecule has 0 aromatic heterocycles. The minimum Gasteiger partial charge on any atom is -0.400 e. The Morgan fingerprint density at radius 2 is 2.27 bits per heavy atom. The summed E-state index contributed by atoms with van der Waals surface area (Å²) in [7, 11) is 0. The summed E-state index contributed by atoms with van der Waals surface area (Å²) in [6.45, 7) is 1.68. The fourth-order valence-corrected chi connectivity index (χ4v) is 0.745. The third-order valence-corrected chi connectivity index (χ3v) is 1.59. The summed E-state index contributed by atoms with van der Waals surface area (Å²) in [6.07, 6.45) is 1.65. The molecule has 6 N–H and O–H groups in total. The van der Waals surface area contributed by atoms with Crippen LogP contribution in [0.15, 0.2) is 11.9 Å². The number of hydrazine groups is 1. The lowest BCUT2D eigenvalue weighted by molar-refractivity contribution is -0.0493. The SMILES string of the molecule is NC/C(N)=C/N(N)C1COC1. The molecule has 0 aromatic rings. The molecule has 0 amide bonds. The Morgan fingerprint density at radius 1 is 1.64 bits per heavy atom. The first-order valence-electron chi connectivity index (χ1n) is 3.51. The van der Waals surface area contributed by atoms with Crippen molar-refractivity contribution in [1.29, 1.82) is 0 Å². The molecule has 1 heterocycles. The van der Waals surface area contributed by atoms with Gasteiger partial charge in [0, 0.05) is 18.4 Å². The van der Waals surface area contributed by atoms with Crippen molar-refractivity contribution in [2.75, 3.05) is 19.8 Å². The van der Waals surface area contributed by atoms with E-state index in [1.807, 2.05) is 0 Å². The molecule has 64 valence electrons. The van der Waals surface area contributed by atoms with Gasteiger partial charge < -0.3 is 21.2 Å². The number of nitrogens with two attached hydrogens (primary N) is 3. The standard InChI is InChI=1S/C6H14N4O/c7-1-5(8)2-10(9)6-3-11-4-6/h2,6H,1,3-4,7-9H2/b5-2-. The third kappa shape index (κ3) is 2.07. The number of hydrogen-bond acceptors (Lipinski definition) is 5. The summed E-state index contributed by atoms with van der Waals surface area (Å²) in [4.78, 5) is 0. The molecule has 1 rings (SSSR count). The lowest BCUT2D eigenvalue weighted by Gasteiger charge is -2.33. The highest BCUT2D eigenvalue weighted by Crippen LogP contribution is 2.06. The zero-order valence-corrected chi connectivity index (χ0v) is 6.36. The van der Waals surface area contributed by atoms with Gasteiger partial charge in [-0.15, -0.1) is 0 Å². The Bertz CT molecular complexity index is 155. The first kappa shape index (κ1) is 8.32. The van der Waals surface area contributed by atoms with Gasteiger partial charge in [0.1, 0.15) is 0 Å². The van der Waals surface area contributed by atoms with Crippen molar-refractivity contribution in [2.24, 2.45) is 17.3 Å². The maximum Gasteiger partial charge on any atom is 0.0912 e. The lowest BCUT2D eigenvalue weighted by atomic mass is 10.2. The van der Waals surface area contributed by atoms with Crippen LogP contribution in [-0.4, -0.2) is 30.8 Å². The molecule has 1 aliphatic heterocycles. The van der Waals surface area contributed by atoms with Crippen molar-refractivity contribution in [3.63, 3.8) is 0 Å². The summed E-state index contributed by atoms with van der Waals surface area (Å²) >= 11 is 0. The molecule has 1 aliphatic rings. The van der Waals surface area contributed by atoms with Crippen LogP contribution in [0, 0.1) is 0 Å². The van der Waals surface area contributed by atoms with E-state index in [1.54, 1.807) is 11.2 Å². The zero-order valence-electron chi connectivity index (χ0n) is 6.36. The number of hydrogen-bond donors (Lipinski definition) is 3. The van der Waals surface area contributed by atoms with Crippen LogP contribution >= 0.6 is 0 Å². The molecule has 5 heteroatoms. The van der Waals surface area contributed by atoms with Gasteiger partial charge in [-0.05, 0) is 0 Å². The van der Waals surface area contributed by atoms with E-state index in [2.05, 4.69) is 0 Å². The van der Waals surface area contributed by atoms with Crippen LogP contribution in [0.1, 0.15) is 0 Å². The molecule has 0 bridgehead atoms. The van der Waals surface area contributed by atoms with Crippen LogP contribution in [-0.2, 0) is 4.74 Å². The first-order chi connectivity index (χ1) is 5.24. The molecule has 1 fully saturated rings. The van der Waals surface area contributed by atoms with E-state index < -0.39 is 0 Å². The topological polar surface area (TPSA) is 90.5 Å². The number of nitrogens with zero attached hydrogens (tertiary/aromatic N) is 1. The molecule has 0 aromatic carbocycles. The Labute approximate surface area is 65.7 Å². The van der Waals surface area contributed by atoms with E-state index in [9.17, 15) is 0 Å². The quantitative estimate of drug-likeness (QED) is 0.337. The first-order valence-corrected chi connectivity index (χ1v) is 3.51. The van der Waals surface area contributed by atoms with E-state index in [-0.39, 0.29) is 6.04 Å². The summed E-state index contributed by atoms with van der Waals surface area (Å²) in [6, 6.07) is 0.264. The maximum absolute atomic E-state index is 5.60. The predicted molar refractivity (Wildman–Crippen MR) is 42.0 cm³/mol. The largest absolute Gasteiger partial charge is 0.400 e. The molecule has 0 aliphatic carbocycles. The second kappa shape index (κ2) is 3.56. The van der Waals surface area contributed by atoms with Crippen LogP contribution in [0.25, 0.3) is 0 Å². The molecular formula is C6H14N4O. The molecule has 11 heavy (non-hydrogen) atoms. The summed E-state index contributed by atoms with van der Waals surface area (Å²) < 4.78 is 4.95. The Hall–Kier alpha value is -0.780. The van der Waals surface area contributed by atoms with Crippen molar-refractivity contribution < 1.29 is 4.74 Å². The van der Waals surface area contributed by atoms with Gasteiger partial charge in [0.15, 0.2) is 0 Å². The smallest absolute Gasteiger partial charge is 0.0912 e. The van der Waals surface area contributed by atoms with Gasteiger partial charge in [-0.1, -0.05) is 0 Å². The van der Waals surface area contributed by atoms with Crippen molar-refractivity contribution in [1.82, 2.24) is 5.01 Å². The molecule has 1 saturated heterocycles. The van der Waals surface area contributed by atoms with Crippen LogP contribution in [0.3, 0.4) is 0 Å². The van der Waals surface area contributed by atoms with Crippen LogP contribution < -0.4 is 17.3 Å². The van der Waals surface area contributed by atoms with Gasteiger partial charge in [-0.25, -0.2) is 5.84 Å². The van der Waals surface area contributed by atoms with Crippen LogP contribution in [0.2, 0.25) is 0 Å². The van der Waals surface area contributed by atoms with Gasteiger partial charge in [0.25, 0.3) is 0 Å². The zero-order chi connectivity index (χ0) is 8.27. The molecule has 5 nitrogen and oxygen atoms in total. The molecule has 0 spiro atoms. The Morgan fingerprint density at radius 3 is 2.64 bits per heavy atom. The second-order valence-corrected chi connectivity index (χ2v) is 2.55. The number of rotatable bonds is 3. The van der Waals surface area contributed by atoms with Crippen molar-refractivity contribution in [2.45, 2.75) is 6.04 Å². The monoisotopic (exact) mass is 158 g/mol. The number of ether oxygens (including phenoxy) is 1. The highest BCUT2D eigenvalue weighted by Gasteiger charge is 2.21. The van der Waals surface area contributed by atoms with E-state index in [1.165, 1.54) is 0 Å². The predicted octanol–water partition coefficient (Wildman–Crippen LogP) is -1.68. The fourth-order valence-electron chi connectivity index (χ4n) is 0.745. The van der Waals surface area contributed by atoms with E-state index in [0.29, 0.717) is 25.5 Å². The molecule has 0 radical (unpaired) electrons. The highest BCUT2D eigenvalue weighted by atomic mass is 16.5. The minimum atomic E-state index is 0.264. The second-order valence-electron chi connectivity index (χ2n) is 2.55. The Balaban J connectivity index is 2.34. The summed E-state index contributed by atoms with van der Waals surface area (Å²) in [5.74, 6) is 5.60. The van der Waals surface area contributed by atoms with Crippen molar-refractivity contribution >= 4 is 0 Å². The molecule has 0 atom stereocenters.